The lowest BCUT2D eigenvalue weighted by Gasteiger charge is -2.22. The summed E-state index contributed by atoms with van der Waals surface area (Å²) in [6.07, 6.45) is 8.95. The van der Waals surface area contributed by atoms with Crippen molar-refractivity contribution in [3.8, 4) is 11.3 Å². The molecule has 0 unspecified atom stereocenters. The Kier molecular flexibility index (Phi) is 7.74. The van der Waals surface area contributed by atoms with Crippen molar-refractivity contribution in [3.05, 3.63) is 62.2 Å². The predicted molar refractivity (Wildman–Crippen MR) is 132 cm³/mol. The molecular formula is C25H31ClN4OS. The quantitative estimate of drug-likeness (QED) is 0.297. The van der Waals surface area contributed by atoms with Gasteiger partial charge in [-0.2, -0.15) is 5.10 Å². The Bertz CT molecular complexity index is 1100. The highest BCUT2D eigenvalue weighted by Gasteiger charge is 2.19. The molecule has 2 aromatic heterocycles. The van der Waals surface area contributed by atoms with Gasteiger partial charge in [0.05, 0.1) is 17.1 Å². The van der Waals surface area contributed by atoms with Crippen LogP contribution in [0.3, 0.4) is 0 Å². The van der Waals surface area contributed by atoms with Crippen LogP contribution < -0.4 is 5.56 Å². The van der Waals surface area contributed by atoms with Gasteiger partial charge < -0.3 is 4.98 Å². The van der Waals surface area contributed by atoms with Gasteiger partial charge in [0.25, 0.3) is 5.56 Å². The summed E-state index contributed by atoms with van der Waals surface area (Å²) >= 11 is 7.59. The van der Waals surface area contributed by atoms with Crippen LogP contribution in [0.2, 0.25) is 5.02 Å². The standard InChI is InChI=1S/C25H31ClN4OS/c1-3-19-22(29-30-23(19)17-10-12-18(26)13-11-17)15-32-25-27-21(20(4-2)24(31)28-25)14-16-8-6-5-7-9-16/h10-13,16H,3-9,14-15H2,1-2H3,(H,29,30)(H,27,28,31). The number of H-pyrrole nitrogens is 2. The molecule has 4 rings (SSSR count). The van der Waals surface area contributed by atoms with Crippen LogP contribution in [0.5, 0.6) is 0 Å². The maximum absolute atomic E-state index is 12.7. The monoisotopic (exact) mass is 470 g/mol. The van der Waals surface area contributed by atoms with E-state index >= 15 is 0 Å². The van der Waals surface area contributed by atoms with E-state index in [1.165, 1.54) is 37.7 Å². The van der Waals surface area contributed by atoms with Gasteiger partial charge in [-0.15, -0.1) is 0 Å². The minimum atomic E-state index is 0.00963. The molecule has 2 N–H and O–H groups in total. The molecule has 1 saturated carbocycles. The first-order valence-corrected chi connectivity index (χ1v) is 13.0. The van der Waals surface area contributed by atoms with E-state index in [1.807, 2.05) is 31.2 Å². The number of rotatable bonds is 8. The van der Waals surface area contributed by atoms with E-state index in [0.717, 1.165) is 52.5 Å². The van der Waals surface area contributed by atoms with Crippen molar-refractivity contribution < 1.29 is 0 Å². The Morgan fingerprint density at radius 3 is 2.44 bits per heavy atom. The SMILES string of the molecule is CCc1c(CSc2nc(CC3CCCCC3)c(CC)c(=O)[nH]2)n[nH]c1-c1ccc(Cl)cc1. The maximum Gasteiger partial charge on any atom is 0.254 e. The van der Waals surface area contributed by atoms with Crippen LogP contribution in [0.4, 0.5) is 0 Å². The molecule has 0 radical (unpaired) electrons. The molecular weight excluding hydrogens is 440 g/mol. The fourth-order valence-electron chi connectivity index (χ4n) is 4.68. The zero-order valence-corrected chi connectivity index (χ0v) is 20.4. The summed E-state index contributed by atoms with van der Waals surface area (Å²) in [5.41, 5.74) is 6.14. The van der Waals surface area contributed by atoms with Crippen LogP contribution >= 0.6 is 23.4 Å². The van der Waals surface area contributed by atoms with E-state index in [2.05, 4.69) is 22.1 Å². The number of aromatic nitrogens is 4. The van der Waals surface area contributed by atoms with E-state index < -0.39 is 0 Å². The summed E-state index contributed by atoms with van der Waals surface area (Å²) in [7, 11) is 0. The normalized spacial score (nSPS) is 14.7. The Morgan fingerprint density at radius 2 is 1.75 bits per heavy atom. The van der Waals surface area contributed by atoms with Crippen molar-refractivity contribution in [2.24, 2.45) is 5.92 Å². The van der Waals surface area contributed by atoms with E-state index in [9.17, 15) is 4.79 Å². The molecule has 32 heavy (non-hydrogen) atoms. The molecule has 2 heterocycles. The van der Waals surface area contributed by atoms with Crippen molar-refractivity contribution in [2.45, 2.75) is 76.1 Å². The molecule has 0 atom stereocenters. The van der Waals surface area contributed by atoms with E-state index in [-0.39, 0.29) is 5.56 Å². The fourth-order valence-corrected chi connectivity index (χ4v) is 5.66. The second-order valence-electron chi connectivity index (χ2n) is 8.53. The van der Waals surface area contributed by atoms with E-state index in [4.69, 9.17) is 16.6 Å². The molecule has 0 bridgehead atoms. The van der Waals surface area contributed by atoms with Gasteiger partial charge in [0, 0.05) is 21.9 Å². The molecule has 1 aliphatic rings. The third kappa shape index (κ3) is 5.29. The lowest BCUT2D eigenvalue weighted by Crippen LogP contribution is -2.21. The number of nitrogens with zero attached hydrogens (tertiary/aromatic N) is 2. The number of thioether (sulfide) groups is 1. The van der Waals surface area contributed by atoms with Crippen molar-refractivity contribution >= 4 is 23.4 Å². The average molecular weight is 471 g/mol. The molecule has 7 heteroatoms. The number of hydrogen-bond donors (Lipinski definition) is 2. The second kappa shape index (κ2) is 10.7. The zero-order chi connectivity index (χ0) is 22.5. The minimum Gasteiger partial charge on any atom is -0.301 e. The first-order valence-electron chi connectivity index (χ1n) is 11.7. The van der Waals surface area contributed by atoms with Crippen LogP contribution in [-0.4, -0.2) is 20.2 Å². The first-order chi connectivity index (χ1) is 15.6. The smallest absolute Gasteiger partial charge is 0.254 e. The molecule has 3 aromatic rings. The number of nitrogens with one attached hydrogen (secondary N) is 2. The topological polar surface area (TPSA) is 74.4 Å². The van der Waals surface area contributed by atoms with Crippen LogP contribution in [0, 0.1) is 5.92 Å². The van der Waals surface area contributed by atoms with Gasteiger partial charge in [-0.05, 0) is 42.9 Å². The van der Waals surface area contributed by atoms with E-state index in [0.29, 0.717) is 16.8 Å². The van der Waals surface area contributed by atoms with Crippen LogP contribution in [-0.2, 0) is 25.0 Å². The summed E-state index contributed by atoms with van der Waals surface area (Å²) in [6.45, 7) is 4.18. The summed E-state index contributed by atoms with van der Waals surface area (Å²) in [5.74, 6) is 1.31. The van der Waals surface area contributed by atoms with Gasteiger partial charge in [0.2, 0.25) is 0 Å². The molecule has 1 aromatic carbocycles. The van der Waals surface area contributed by atoms with Crippen LogP contribution in [0.15, 0.2) is 34.2 Å². The third-order valence-electron chi connectivity index (χ3n) is 6.42. The fraction of sp³-hybridized carbons (Fsp3) is 0.480. The van der Waals surface area contributed by atoms with Crippen molar-refractivity contribution in [1.82, 2.24) is 20.2 Å². The molecule has 170 valence electrons. The number of halogens is 1. The largest absolute Gasteiger partial charge is 0.301 e. The Morgan fingerprint density at radius 1 is 1.03 bits per heavy atom. The molecule has 0 amide bonds. The van der Waals surface area contributed by atoms with Gasteiger partial charge in [-0.1, -0.05) is 81.4 Å². The van der Waals surface area contributed by atoms with Crippen LogP contribution in [0.25, 0.3) is 11.3 Å². The zero-order valence-electron chi connectivity index (χ0n) is 18.8. The maximum atomic E-state index is 12.7. The summed E-state index contributed by atoms with van der Waals surface area (Å²) < 4.78 is 0. The Hall–Kier alpha value is -2.05. The van der Waals surface area contributed by atoms with Gasteiger partial charge in [-0.3, -0.25) is 9.89 Å². The van der Waals surface area contributed by atoms with Crippen molar-refractivity contribution in [3.63, 3.8) is 0 Å². The Balaban J connectivity index is 1.53. The van der Waals surface area contributed by atoms with E-state index in [1.54, 1.807) is 11.8 Å². The van der Waals surface area contributed by atoms with Gasteiger partial charge in [-0.25, -0.2) is 4.98 Å². The highest BCUT2D eigenvalue weighted by Crippen LogP contribution is 2.30. The number of benzene rings is 1. The number of hydrogen-bond acceptors (Lipinski definition) is 4. The highest BCUT2D eigenvalue weighted by molar-refractivity contribution is 7.98. The third-order valence-corrected chi connectivity index (χ3v) is 7.56. The minimum absolute atomic E-state index is 0.00963. The lowest BCUT2D eigenvalue weighted by atomic mass is 9.85. The lowest BCUT2D eigenvalue weighted by molar-refractivity contribution is 0.352. The molecule has 5 nitrogen and oxygen atoms in total. The van der Waals surface area contributed by atoms with Crippen LogP contribution in [0.1, 0.15) is 68.5 Å². The predicted octanol–water partition coefficient (Wildman–Crippen LogP) is 6.35. The molecule has 1 aliphatic carbocycles. The highest BCUT2D eigenvalue weighted by atomic mass is 35.5. The summed E-state index contributed by atoms with van der Waals surface area (Å²) in [4.78, 5) is 20.6. The Labute approximate surface area is 198 Å². The van der Waals surface area contributed by atoms with Gasteiger partial charge in [0.15, 0.2) is 5.16 Å². The summed E-state index contributed by atoms with van der Waals surface area (Å²) in [6, 6.07) is 7.80. The summed E-state index contributed by atoms with van der Waals surface area (Å²) in [5, 5.41) is 9.18. The van der Waals surface area contributed by atoms with Gasteiger partial charge in [0.1, 0.15) is 0 Å². The average Bonchev–Trinajstić information content (AvgIpc) is 3.22. The van der Waals surface area contributed by atoms with Gasteiger partial charge >= 0.3 is 0 Å². The molecule has 1 fully saturated rings. The molecule has 0 aliphatic heterocycles. The second-order valence-corrected chi connectivity index (χ2v) is 9.93. The van der Waals surface area contributed by atoms with Crippen molar-refractivity contribution in [1.29, 1.82) is 0 Å². The van der Waals surface area contributed by atoms with Crippen molar-refractivity contribution in [2.75, 3.05) is 0 Å². The molecule has 0 spiro atoms. The number of aromatic amines is 2. The molecule has 0 saturated heterocycles. The first kappa shape index (κ1) is 23.1.